The van der Waals surface area contributed by atoms with E-state index < -0.39 is 16.8 Å². The molecule has 2 heterocycles. The number of oxime groups is 1. The Morgan fingerprint density at radius 1 is 0.882 bits per heavy atom. The third-order valence-corrected chi connectivity index (χ3v) is 8.06. The number of nitro groups is 1. The lowest BCUT2D eigenvalue weighted by Gasteiger charge is -2.29. The first-order valence-electron chi connectivity index (χ1n) is 11.4. The Morgan fingerprint density at radius 3 is 2.32 bits per heavy atom. The monoisotopic (exact) mass is 453 g/mol. The van der Waals surface area contributed by atoms with Crippen molar-refractivity contribution in [2.75, 3.05) is 4.90 Å². The van der Waals surface area contributed by atoms with Crippen LogP contribution in [-0.2, 0) is 14.4 Å². The minimum Gasteiger partial charge on any atom is -0.391 e. The van der Waals surface area contributed by atoms with Crippen molar-refractivity contribution in [1.82, 2.24) is 0 Å². The molecule has 2 saturated carbocycles. The summed E-state index contributed by atoms with van der Waals surface area (Å²) in [4.78, 5) is 44.9. The molecule has 168 valence electrons. The second-order valence-electron chi connectivity index (χ2n) is 9.53. The number of hydrogen-bond acceptors (Lipinski definition) is 6. The fourth-order valence-corrected chi connectivity index (χ4v) is 6.69. The third-order valence-electron chi connectivity index (χ3n) is 8.06. The molecule has 0 aromatic heterocycles. The molecule has 2 aliphatic heterocycles. The molecule has 0 spiro atoms. The van der Waals surface area contributed by atoms with Gasteiger partial charge in [0.05, 0.1) is 28.2 Å². The Hall–Kier alpha value is -4.07. The predicted octanol–water partition coefficient (Wildman–Crippen LogP) is 3.92. The molecule has 34 heavy (non-hydrogen) atoms. The number of anilines is 1. The maximum atomic E-state index is 13.6. The van der Waals surface area contributed by atoms with Crippen LogP contribution in [-0.4, -0.2) is 28.6 Å². The summed E-state index contributed by atoms with van der Waals surface area (Å²) >= 11 is 0. The summed E-state index contributed by atoms with van der Waals surface area (Å²) in [5.41, 5.74) is 2.09. The average molecular weight is 453 g/mol. The van der Waals surface area contributed by atoms with Gasteiger partial charge in [-0.15, -0.1) is 0 Å². The lowest BCUT2D eigenvalue weighted by Crippen LogP contribution is -2.41. The molecule has 1 saturated heterocycles. The van der Waals surface area contributed by atoms with Crippen molar-refractivity contribution in [3.05, 3.63) is 82.4 Å². The van der Waals surface area contributed by atoms with E-state index in [1.807, 2.05) is 42.5 Å². The highest BCUT2D eigenvalue weighted by Gasteiger charge is 2.70. The van der Waals surface area contributed by atoms with Gasteiger partial charge in [-0.05, 0) is 47.4 Å². The zero-order chi connectivity index (χ0) is 23.1. The van der Waals surface area contributed by atoms with Gasteiger partial charge in [0.1, 0.15) is 6.10 Å². The molecule has 3 aromatic rings. The molecule has 0 N–H and O–H groups in total. The van der Waals surface area contributed by atoms with Crippen LogP contribution in [0.4, 0.5) is 11.4 Å². The number of nitro benzene ring substituents is 1. The summed E-state index contributed by atoms with van der Waals surface area (Å²) in [6.45, 7) is 0. The molecule has 7 rings (SSSR count). The average Bonchev–Trinajstić information content (AvgIpc) is 3.59. The van der Waals surface area contributed by atoms with Gasteiger partial charge in [0, 0.05) is 29.5 Å². The van der Waals surface area contributed by atoms with Crippen molar-refractivity contribution in [3.8, 4) is 0 Å². The van der Waals surface area contributed by atoms with E-state index in [9.17, 15) is 19.7 Å². The first-order valence-corrected chi connectivity index (χ1v) is 11.4. The zero-order valence-electron chi connectivity index (χ0n) is 17.9. The van der Waals surface area contributed by atoms with Crippen LogP contribution >= 0.6 is 0 Å². The Morgan fingerprint density at radius 2 is 1.59 bits per heavy atom. The van der Waals surface area contributed by atoms with E-state index in [-0.39, 0.29) is 41.4 Å². The molecule has 2 amide bonds. The first kappa shape index (κ1) is 19.4. The van der Waals surface area contributed by atoms with Gasteiger partial charge in [-0.3, -0.25) is 24.6 Å². The number of amides is 2. The molecular formula is C26H19N3O5. The number of carbonyl (C=O) groups is 2. The second kappa shape index (κ2) is 6.72. The van der Waals surface area contributed by atoms with Crippen LogP contribution in [0.2, 0.25) is 0 Å². The largest absolute Gasteiger partial charge is 0.391 e. The van der Waals surface area contributed by atoms with Crippen LogP contribution in [0.3, 0.4) is 0 Å². The lowest BCUT2D eigenvalue weighted by molar-refractivity contribution is -0.384. The Labute approximate surface area is 193 Å². The van der Waals surface area contributed by atoms with Gasteiger partial charge in [-0.1, -0.05) is 35.5 Å². The highest BCUT2D eigenvalue weighted by Crippen LogP contribution is 2.62. The van der Waals surface area contributed by atoms with Gasteiger partial charge in [-0.25, -0.2) is 0 Å². The molecule has 2 aliphatic carbocycles. The number of nitrogens with zero attached hydrogens (tertiary/aromatic N) is 3. The van der Waals surface area contributed by atoms with Gasteiger partial charge < -0.3 is 4.84 Å². The van der Waals surface area contributed by atoms with Crippen molar-refractivity contribution in [2.45, 2.75) is 12.5 Å². The van der Waals surface area contributed by atoms with Crippen molar-refractivity contribution in [3.63, 3.8) is 0 Å². The molecule has 8 heteroatoms. The Bertz CT molecular complexity index is 1430. The maximum absolute atomic E-state index is 13.6. The highest BCUT2D eigenvalue weighted by atomic mass is 16.6. The fourth-order valence-electron chi connectivity index (χ4n) is 6.69. The topological polar surface area (TPSA) is 102 Å². The third kappa shape index (κ3) is 2.45. The number of benzene rings is 3. The van der Waals surface area contributed by atoms with E-state index >= 15 is 0 Å². The normalized spacial score (nSPS) is 30.9. The number of rotatable bonds is 3. The number of non-ortho nitro benzene ring substituents is 1. The molecule has 2 bridgehead atoms. The molecule has 0 radical (unpaired) electrons. The van der Waals surface area contributed by atoms with Gasteiger partial charge in [-0.2, -0.15) is 0 Å². The van der Waals surface area contributed by atoms with Crippen molar-refractivity contribution >= 4 is 39.7 Å². The van der Waals surface area contributed by atoms with Crippen LogP contribution in [0.5, 0.6) is 0 Å². The van der Waals surface area contributed by atoms with Gasteiger partial charge in [0.15, 0.2) is 0 Å². The molecule has 3 aromatic carbocycles. The molecule has 0 unspecified atom stereocenters. The van der Waals surface area contributed by atoms with E-state index in [2.05, 4.69) is 5.16 Å². The minimum absolute atomic E-state index is 0.00964. The van der Waals surface area contributed by atoms with Crippen LogP contribution in [0.1, 0.15) is 12.0 Å². The lowest BCUT2D eigenvalue weighted by atomic mass is 9.71. The van der Waals surface area contributed by atoms with Crippen LogP contribution in [0.25, 0.3) is 10.8 Å². The standard InChI is InChI=1S/C26H19N3O5/c30-25-20-18-12-19(24-22(18)23(27-34-24)14-6-8-16(9-7-14)29(32)33)21(20)26(31)28(25)17-10-5-13-3-1-2-4-15(13)11-17/h1-11,18-22,24H,12H2/t18-,19+,20-,21+,22+,24-/m1/s1. The van der Waals surface area contributed by atoms with Crippen molar-refractivity contribution < 1.29 is 19.3 Å². The summed E-state index contributed by atoms with van der Waals surface area (Å²) in [5, 5.41) is 17.3. The second-order valence-corrected chi connectivity index (χ2v) is 9.53. The fraction of sp³-hybridized carbons (Fsp3) is 0.269. The highest BCUT2D eigenvalue weighted by molar-refractivity contribution is 6.23. The Balaban J connectivity index is 1.22. The van der Waals surface area contributed by atoms with Crippen molar-refractivity contribution in [1.29, 1.82) is 0 Å². The quantitative estimate of drug-likeness (QED) is 0.340. The summed E-state index contributed by atoms with van der Waals surface area (Å²) in [5.74, 6) is -1.29. The minimum atomic E-state index is -0.439. The van der Waals surface area contributed by atoms with Crippen LogP contribution < -0.4 is 4.90 Å². The summed E-state index contributed by atoms with van der Waals surface area (Å²) in [6, 6.07) is 19.8. The van der Waals surface area contributed by atoms with Gasteiger partial charge >= 0.3 is 0 Å². The number of fused-ring (bicyclic) bond motifs is 9. The summed E-state index contributed by atoms with van der Waals surface area (Å²) in [7, 11) is 0. The Kier molecular flexibility index (Phi) is 3.84. The van der Waals surface area contributed by atoms with Crippen LogP contribution in [0, 0.1) is 39.7 Å². The molecular weight excluding hydrogens is 434 g/mol. The smallest absolute Gasteiger partial charge is 0.269 e. The number of hydrogen-bond donors (Lipinski definition) is 0. The maximum Gasteiger partial charge on any atom is 0.269 e. The van der Waals surface area contributed by atoms with E-state index in [4.69, 9.17) is 4.84 Å². The summed E-state index contributed by atoms with van der Waals surface area (Å²) in [6.07, 6.45) is 0.504. The van der Waals surface area contributed by atoms with Crippen molar-refractivity contribution in [2.24, 2.45) is 34.7 Å². The first-order chi connectivity index (χ1) is 16.5. The van der Waals surface area contributed by atoms with Crippen LogP contribution in [0.15, 0.2) is 71.9 Å². The number of imide groups is 1. The summed E-state index contributed by atoms with van der Waals surface area (Å²) < 4.78 is 0. The molecule has 4 aliphatic rings. The number of carbonyl (C=O) groups excluding carboxylic acids is 2. The predicted molar refractivity (Wildman–Crippen MR) is 123 cm³/mol. The molecule has 6 atom stereocenters. The zero-order valence-corrected chi connectivity index (χ0v) is 17.9. The van der Waals surface area contributed by atoms with E-state index in [0.29, 0.717) is 5.69 Å². The molecule has 3 fully saturated rings. The van der Waals surface area contributed by atoms with E-state index in [1.165, 1.54) is 17.0 Å². The SMILES string of the molecule is O=C1[C@@H]2[C@H]3C[C@H]([C@H]4ON=C(c5ccc([N+](=O)[O-])cc5)[C@H]34)[C@@H]2C(=O)N1c1ccc2ccccc2c1. The van der Waals surface area contributed by atoms with Gasteiger partial charge in [0.25, 0.3) is 5.69 Å². The molecule has 8 nitrogen and oxygen atoms in total. The van der Waals surface area contributed by atoms with Gasteiger partial charge in [0.2, 0.25) is 11.8 Å². The van der Waals surface area contributed by atoms with E-state index in [1.54, 1.807) is 12.1 Å². The van der Waals surface area contributed by atoms with E-state index in [0.717, 1.165) is 28.5 Å².